The molecule has 1 aliphatic carbocycles. The van der Waals surface area contributed by atoms with E-state index in [0.717, 1.165) is 24.7 Å². The first-order valence-electron chi connectivity index (χ1n) is 7.62. The number of rotatable bonds is 4. The van der Waals surface area contributed by atoms with Gasteiger partial charge in [-0.3, -0.25) is 0 Å². The summed E-state index contributed by atoms with van der Waals surface area (Å²) in [7, 11) is 0. The van der Waals surface area contributed by atoms with Crippen molar-refractivity contribution in [1.82, 2.24) is 15.5 Å². The molecule has 0 aliphatic heterocycles. The second-order valence-electron chi connectivity index (χ2n) is 6.66. The van der Waals surface area contributed by atoms with Gasteiger partial charge in [0.15, 0.2) is 5.82 Å². The van der Waals surface area contributed by atoms with Crippen molar-refractivity contribution in [3.8, 4) is 0 Å². The molecule has 1 heterocycles. The largest absolute Gasteiger partial charge is 0.339 e. The fraction of sp³-hybridized carbons (Fsp3) is 0.867. The Morgan fingerprint density at radius 1 is 1.16 bits per heavy atom. The quantitative estimate of drug-likeness (QED) is 0.847. The highest BCUT2D eigenvalue weighted by Gasteiger charge is 2.20. The van der Waals surface area contributed by atoms with Crippen LogP contribution in [0, 0.1) is 0 Å². The molecule has 1 aliphatic rings. The van der Waals surface area contributed by atoms with Crippen LogP contribution in [0.2, 0.25) is 0 Å². The highest BCUT2D eigenvalue weighted by Crippen LogP contribution is 2.29. The number of hydrogen-bond donors (Lipinski definition) is 1. The van der Waals surface area contributed by atoms with Crippen molar-refractivity contribution < 1.29 is 4.52 Å². The van der Waals surface area contributed by atoms with Crippen molar-refractivity contribution in [2.75, 3.05) is 6.54 Å². The molecule has 0 atom stereocenters. The minimum Gasteiger partial charge on any atom is -0.339 e. The lowest BCUT2D eigenvalue weighted by Crippen LogP contribution is -2.37. The zero-order chi connectivity index (χ0) is 13.7. The van der Waals surface area contributed by atoms with Crippen LogP contribution in [0.3, 0.4) is 0 Å². The maximum absolute atomic E-state index is 5.37. The first-order chi connectivity index (χ1) is 9.04. The Balaban J connectivity index is 1.84. The van der Waals surface area contributed by atoms with Gasteiger partial charge < -0.3 is 9.84 Å². The summed E-state index contributed by atoms with van der Waals surface area (Å²) in [5.41, 5.74) is 0.143. The SMILES string of the molecule is CC(C)(C)NCCc1nc(C2CCCCCC2)no1. The van der Waals surface area contributed by atoms with E-state index in [1.54, 1.807) is 0 Å². The predicted octanol–water partition coefficient (Wildman–Crippen LogP) is 3.44. The average Bonchev–Trinajstić information content (AvgIpc) is 2.62. The smallest absolute Gasteiger partial charge is 0.227 e. The molecule has 0 radical (unpaired) electrons. The molecule has 2 rings (SSSR count). The van der Waals surface area contributed by atoms with Crippen LogP contribution in [0.15, 0.2) is 4.52 Å². The molecule has 108 valence electrons. The van der Waals surface area contributed by atoms with Gasteiger partial charge in [-0.1, -0.05) is 30.8 Å². The van der Waals surface area contributed by atoms with Gasteiger partial charge in [-0.15, -0.1) is 0 Å². The van der Waals surface area contributed by atoms with Crippen LogP contribution in [-0.2, 0) is 6.42 Å². The summed E-state index contributed by atoms with van der Waals surface area (Å²) in [6.07, 6.45) is 8.59. The summed E-state index contributed by atoms with van der Waals surface area (Å²) < 4.78 is 5.37. The van der Waals surface area contributed by atoms with Crippen LogP contribution in [-0.4, -0.2) is 22.2 Å². The van der Waals surface area contributed by atoms with Crippen LogP contribution in [0.5, 0.6) is 0 Å². The maximum atomic E-state index is 5.37. The van der Waals surface area contributed by atoms with Gasteiger partial charge in [0.05, 0.1) is 0 Å². The zero-order valence-electron chi connectivity index (χ0n) is 12.5. The lowest BCUT2D eigenvalue weighted by molar-refractivity contribution is 0.354. The van der Waals surface area contributed by atoms with Gasteiger partial charge in [0, 0.05) is 24.4 Å². The summed E-state index contributed by atoms with van der Waals surface area (Å²) in [5, 5.41) is 7.62. The van der Waals surface area contributed by atoms with Crippen LogP contribution < -0.4 is 5.32 Å². The lowest BCUT2D eigenvalue weighted by Gasteiger charge is -2.19. The van der Waals surface area contributed by atoms with Crippen molar-refractivity contribution in [2.45, 2.75) is 77.2 Å². The van der Waals surface area contributed by atoms with Crippen molar-refractivity contribution in [3.05, 3.63) is 11.7 Å². The van der Waals surface area contributed by atoms with Gasteiger partial charge >= 0.3 is 0 Å². The molecule has 0 aromatic carbocycles. The predicted molar refractivity (Wildman–Crippen MR) is 76.2 cm³/mol. The highest BCUT2D eigenvalue weighted by molar-refractivity contribution is 4.96. The van der Waals surface area contributed by atoms with E-state index in [-0.39, 0.29) is 5.54 Å². The molecule has 0 amide bonds. The first kappa shape index (κ1) is 14.5. The number of nitrogens with one attached hydrogen (secondary N) is 1. The van der Waals surface area contributed by atoms with Crippen LogP contribution >= 0.6 is 0 Å². The Bertz CT molecular complexity index is 373. The number of hydrogen-bond acceptors (Lipinski definition) is 4. The van der Waals surface area contributed by atoms with Crippen molar-refractivity contribution in [1.29, 1.82) is 0 Å². The summed E-state index contributed by atoms with van der Waals surface area (Å²) in [4.78, 5) is 4.58. The number of aromatic nitrogens is 2. The molecular formula is C15H27N3O. The van der Waals surface area contributed by atoms with Crippen LogP contribution in [0.1, 0.15) is 76.9 Å². The Morgan fingerprint density at radius 3 is 2.47 bits per heavy atom. The molecule has 1 aromatic heterocycles. The van der Waals surface area contributed by atoms with E-state index < -0.39 is 0 Å². The van der Waals surface area contributed by atoms with E-state index in [0.29, 0.717) is 5.92 Å². The molecule has 1 fully saturated rings. The third kappa shape index (κ3) is 4.94. The summed E-state index contributed by atoms with van der Waals surface area (Å²) in [6, 6.07) is 0. The van der Waals surface area contributed by atoms with Crippen molar-refractivity contribution in [3.63, 3.8) is 0 Å². The molecule has 1 N–H and O–H groups in total. The van der Waals surface area contributed by atoms with Gasteiger partial charge in [-0.25, -0.2) is 0 Å². The lowest BCUT2D eigenvalue weighted by atomic mass is 10.00. The Morgan fingerprint density at radius 2 is 1.84 bits per heavy atom. The maximum Gasteiger partial charge on any atom is 0.227 e. The molecule has 0 spiro atoms. The molecule has 0 bridgehead atoms. The van der Waals surface area contributed by atoms with Gasteiger partial charge in [0.25, 0.3) is 0 Å². The molecular weight excluding hydrogens is 238 g/mol. The van der Waals surface area contributed by atoms with Crippen molar-refractivity contribution in [2.24, 2.45) is 0 Å². The summed E-state index contributed by atoms with van der Waals surface area (Å²) in [5.74, 6) is 2.24. The van der Waals surface area contributed by atoms with E-state index in [4.69, 9.17) is 4.52 Å². The third-order valence-electron chi connectivity index (χ3n) is 3.70. The Labute approximate surface area is 116 Å². The molecule has 4 nitrogen and oxygen atoms in total. The van der Waals surface area contributed by atoms with Gasteiger partial charge in [0.1, 0.15) is 0 Å². The summed E-state index contributed by atoms with van der Waals surface area (Å²) in [6.45, 7) is 7.38. The van der Waals surface area contributed by atoms with Crippen LogP contribution in [0.4, 0.5) is 0 Å². The van der Waals surface area contributed by atoms with E-state index in [9.17, 15) is 0 Å². The van der Waals surface area contributed by atoms with E-state index >= 15 is 0 Å². The van der Waals surface area contributed by atoms with E-state index in [1.807, 2.05) is 0 Å². The van der Waals surface area contributed by atoms with Gasteiger partial charge in [-0.05, 0) is 33.6 Å². The first-order valence-corrected chi connectivity index (χ1v) is 7.62. The number of nitrogens with zero attached hydrogens (tertiary/aromatic N) is 2. The highest BCUT2D eigenvalue weighted by atomic mass is 16.5. The fourth-order valence-corrected chi connectivity index (χ4v) is 2.62. The van der Waals surface area contributed by atoms with Gasteiger partial charge in [0.2, 0.25) is 5.89 Å². The fourth-order valence-electron chi connectivity index (χ4n) is 2.62. The Kier molecular flexibility index (Phi) is 4.97. The third-order valence-corrected chi connectivity index (χ3v) is 3.70. The normalized spacial score (nSPS) is 18.5. The molecule has 4 heteroatoms. The minimum absolute atomic E-state index is 0.143. The molecule has 0 saturated heterocycles. The van der Waals surface area contributed by atoms with E-state index in [2.05, 4.69) is 36.2 Å². The van der Waals surface area contributed by atoms with Crippen LogP contribution in [0.25, 0.3) is 0 Å². The second kappa shape index (κ2) is 6.51. The Hall–Kier alpha value is -0.900. The van der Waals surface area contributed by atoms with E-state index in [1.165, 1.54) is 38.5 Å². The molecule has 0 unspecified atom stereocenters. The second-order valence-corrected chi connectivity index (χ2v) is 6.66. The average molecular weight is 265 g/mol. The zero-order valence-corrected chi connectivity index (χ0v) is 12.5. The molecule has 19 heavy (non-hydrogen) atoms. The van der Waals surface area contributed by atoms with Gasteiger partial charge in [-0.2, -0.15) is 4.98 Å². The minimum atomic E-state index is 0.143. The molecule has 1 aromatic rings. The monoisotopic (exact) mass is 265 g/mol. The van der Waals surface area contributed by atoms with Crippen molar-refractivity contribution >= 4 is 0 Å². The molecule has 1 saturated carbocycles. The summed E-state index contributed by atoms with van der Waals surface area (Å²) >= 11 is 0. The standard InChI is InChI=1S/C15H27N3O/c1-15(2,3)16-11-10-13-17-14(18-19-13)12-8-6-4-5-7-9-12/h12,16H,4-11H2,1-3H3. The topological polar surface area (TPSA) is 51.0 Å².